The average molecular weight is 279 g/mol. The largest absolute Gasteiger partial charge is 0.260 e. The molecule has 0 saturated heterocycles. The fraction of sp³-hybridized carbons (Fsp3) is 0.125. The van der Waals surface area contributed by atoms with Crippen LogP contribution < -0.4 is 0 Å². The first-order chi connectivity index (χ1) is 9.92. The van der Waals surface area contributed by atoms with Gasteiger partial charge in [-0.3, -0.25) is 4.68 Å². The molecule has 0 aliphatic carbocycles. The molecule has 0 spiro atoms. The van der Waals surface area contributed by atoms with Gasteiger partial charge in [-0.1, -0.05) is 30.3 Å². The summed E-state index contributed by atoms with van der Waals surface area (Å²) in [7, 11) is 0. The van der Waals surface area contributed by atoms with Crippen molar-refractivity contribution in [3.8, 4) is 11.3 Å². The first-order valence-electron chi connectivity index (χ1n) is 6.58. The van der Waals surface area contributed by atoms with E-state index in [0.29, 0.717) is 0 Å². The summed E-state index contributed by atoms with van der Waals surface area (Å²) in [6, 6.07) is 14.6. The molecule has 4 rings (SSSR count). The molecule has 1 aliphatic heterocycles. The van der Waals surface area contributed by atoms with Crippen LogP contribution in [0.5, 0.6) is 0 Å². The van der Waals surface area contributed by atoms with Crippen LogP contribution in [0, 0.1) is 0 Å². The topological polar surface area (TPSA) is 30.7 Å². The molecule has 0 bridgehead atoms. The van der Waals surface area contributed by atoms with E-state index >= 15 is 0 Å². The molecule has 20 heavy (non-hydrogen) atoms. The lowest BCUT2D eigenvalue weighted by molar-refractivity contribution is 0.692. The summed E-state index contributed by atoms with van der Waals surface area (Å²) in [5.74, 6) is 0.953. The Labute approximate surface area is 121 Å². The minimum Gasteiger partial charge on any atom is -0.260 e. The Morgan fingerprint density at radius 2 is 2.00 bits per heavy atom. The molecule has 98 valence electrons. The first kappa shape index (κ1) is 11.7. The summed E-state index contributed by atoms with van der Waals surface area (Å²) >= 11 is 1.79. The maximum atomic E-state index is 4.57. The van der Waals surface area contributed by atoms with Gasteiger partial charge < -0.3 is 0 Å². The van der Waals surface area contributed by atoms with Gasteiger partial charge in [0.15, 0.2) is 0 Å². The molecule has 2 aromatic heterocycles. The first-order valence-corrected chi connectivity index (χ1v) is 7.57. The molecule has 0 radical (unpaired) electrons. The summed E-state index contributed by atoms with van der Waals surface area (Å²) in [4.78, 5) is 4.47. The molecule has 0 atom stereocenters. The van der Waals surface area contributed by atoms with Crippen LogP contribution in [0.3, 0.4) is 0 Å². The minimum atomic E-state index is 0.801. The summed E-state index contributed by atoms with van der Waals surface area (Å²) in [6.45, 7) is 0.801. The number of pyridine rings is 1. The van der Waals surface area contributed by atoms with Gasteiger partial charge >= 0.3 is 0 Å². The van der Waals surface area contributed by atoms with Gasteiger partial charge in [0, 0.05) is 23.1 Å². The Morgan fingerprint density at radius 3 is 2.90 bits per heavy atom. The van der Waals surface area contributed by atoms with Crippen molar-refractivity contribution in [1.82, 2.24) is 14.8 Å². The molecular formula is C16H13N3S. The van der Waals surface area contributed by atoms with Crippen LogP contribution in [0.1, 0.15) is 11.1 Å². The highest BCUT2D eigenvalue weighted by Crippen LogP contribution is 2.39. The van der Waals surface area contributed by atoms with E-state index in [4.69, 9.17) is 0 Å². The zero-order chi connectivity index (χ0) is 13.4. The summed E-state index contributed by atoms with van der Waals surface area (Å²) in [6.07, 6.45) is 3.84. The number of hydrogen-bond acceptors (Lipinski definition) is 3. The third-order valence-corrected chi connectivity index (χ3v) is 4.54. The van der Waals surface area contributed by atoms with E-state index in [-0.39, 0.29) is 0 Å². The fourth-order valence-electron chi connectivity index (χ4n) is 2.55. The van der Waals surface area contributed by atoms with Crippen LogP contribution in [-0.2, 0) is 12.3 Å². The lowest BCUT2D eigenvalue weighted by Gasteiger charge is -2.16. The van der Waals surface area contributed by atoms with Crippen molar-refractivity contribution < 1.29 is 0 Å². The standard InChI is InChI=1S/C16H13N3S/c1-2-5-12(6-3-1)10-19-15-13(9-18-19)11-20-16-14(15)7-4-8-17-16/h1-9H,10-11H2. The zero-order valence-corrected chi connectivity index (χ0v) is 11.7. The van der Waals surface area contributed by atoms with Gasteiger partial charge in [-0.2, -0.15) is 5.10 Å². The van der Waals surface area contributed by atoms with Crippen LogP contribution in [0.25, 0.3) is 11.3 Å². The lowest BCUT2D eigenvalue weighted by atomic mass is 10.1. The van der Waals surface area contributed by atoms with Crippen molar-refractivity contribution in [3.63, 3.8) is 0 Å². The quantitative estimate of drug-likeness (QED) is 0.718. The molecule has 1 aliphatic rings. The second-order valence-electron chi connectivity index (χ2n) is 4.81. The van der Waals surface area contributed by atoms with Crippen LogP contribution in [0.2, 0.25) is 0 Å². The molecule has 3 nitrogen and oxygen atoms in total. The molecule has 0 N–H and O–H groups in total. The van der Waals surface area contributed by atoms with Crippen molar-refractivity contribution in [3.05, 3.63) is 66.0 Å². The molecule has 0 amide bonds. The number of thioether (sulfide) groups is 1. The average Bonchev–Trinajstić information content (AvgIpc) is 2.92. The van der Waals surface area contributed by atoms with Crippen molar-refractivity contribution in [2.24, 2.45) is 0 Å². The second-order valence-corrected chi connectivity index (χ2v) is 5.77. The third kappa shape index (κ3) is 1.93. The van der Waals surface area contributed by atoms with E-state index in [1.54, 1.807) is 11.8 Å². The van der Waals surface area contributed by atoms with Crippen LogP contribution in [-0.4, -0.2) is 14.8 Å². The molecule has 1 aromatic carbocycles. The number of nitrogens with zero attached hydrogens (tertiary/aromatic N) is 3. The molecule has 0 unspecified atom stereocenters. The van der Waals surface area contributed by atoms with Gasteiger partial charge in [-0.15, -0.1) is 11.8 Å². The smallest absolute Gasteiger partial charge is 0.106 e. The van der Waals surface area contributed by atoms with E-state index in [9.17, 15) is 0 Å². The second kappa shape index (κ2) is 4.80. The van der Waals surface area contributed by atoms with Gasteiger partial charge in [-0.25, -0.2) is 4.98 Å². The highest BCUT2D eigenvalue weighted by molar-refractivity contribution is 7.98. The van der Waals surface area contributed by atoms with Crippen LogP contribution in [0.4, 0.5) is 0 Å². The Kier molecular flexibility index (Phi) is 2.81. The molecule has 0 saturated carbocycles. The lowest BCUT2D eigenvalue weighted by Crippen LogP contribution is -2.06. The number of rotatable bonds is 2. The number of hydrogen-bond donors (Lipinski definition) is 0. The number of fused-ring (bicyclic) bond motifs is 3. The molecular weight excluding hydrogens is 266 g/mol. The summed E-state index contributed by atoms with van der Waals surface area (Å²) in [5.41, 5.74) is 4.98. The van der Waals surface area contributed by atoms with E-state index in [0.717, 1.165) is 17.3 Å². The van der Waals surface area contributed by atoms with Crippen LogP contribution >= 0.6 is 11.8 Å². The Morgan fingerprint density at radius 1 is 1.10 bits per heavy atom. The Balaban J connectivity index is 1.80. The minimum absolute atomic E-state index is 0.801. The molecule has 3 aromatic rings. The zero-order valence-electron chi connectivity index (χ0n) is 10.9. The normalized spacial score (nSPS) is 12.8. The highest BCUT2D eigenvalue weighted by Gasteiger charge is 2.21. The summed E-state index contributed by atoms with van der Waals surface area (Å²) in [5, 5.41) is 5.67. The fourth-order valence-corrected chi connectivity index (χ4v) is 3.51. The predicted octanol–water partition coefficient (Wildman–Crippen LogP) is 3.60. The third-order valence-electron chi connectivity index (χ3n) is 3.48. The molecule has 0 fully saturated rings. The van der Waals surface area contributed by atoms with Crippen molar-refractivity contribution in [2.45, 2.75) is 17.3 Å². The summed E-state index contributed by atoms with van der Waals surface area (Å²) < 4.78 is 2.09. The van der Waals surface area contributed by atoms with Crippen molar-refractivity contribution >= 4 is 11.8 Å². The van der Waals surface area contributed by atoms with E-state index in [1.807, 2.05) is 24.5 Å². The molecule has 3 heterocycles. The number of benzene rings is 1. The van der Waals surface area contributed by atoms with Gasteiger partial charge in [0.1, 0.15) is 5.03 Å². The maximum absolute atomic E-state index is 4.57. The van der Waals surface area contributed by atoms with Gasteiger partial charge in [0.05, 0.1) is 18.4 Å². The maximum Gasteiger partial charge on any atom is 0.106 e. The van der Waals surface area contributed by atoms with Crippen molar-refractivity contribution in [1.29, 1.82) is 0 Å². The Hall–Kier alpha value is -2.07. The molecule has 4 heteroatoms. The van der Waals surface area contributed by atoms with E-state index in [1.165, 1.54) is 22.4 Å². The Bertz CT molecular complexity index is 749. The van der Waals surface area contributed by atoms with Crippen molar-refractivity contribution in [2.75, 3.05) is 0 Å². The highest BCUT2D eigenvalue weighted by atomic mass is 32.2. The van der Waals surface area contributed by atoms with E-state index < -0.39 is 0 Å². The number of aromatic nitrogens is 3. The van der Waals surface area contributed by atoms with E-state index in [2.05, 4.69) is 45.1 Å². The SMILES string of the molecule is c1ccc(Cn2ncc3c2-c2cccnc2SC3)cc1. The van der Waals surface area contributed by atoms with Gasteiger partial charge in [0.25, 0.3) is 0 Å². The van der Waals surface area contributed by atoms with Crippen LogP contribution in [0.15, 0.2) is 59.9 Å². The monoisotopic (exact) mass is 279 g/mol. The predicted molar refractivity (Wildman–Crippen MR) is 80.6 cm³/mol. The van der Waals surface area contributed by atoms with Gasteiger partial charge in [0.2, 0.25) is 0 Å². The van der Waals surface area contributed by atoms with Gasteiger partial charge in [-0.05, 0) is 17.7 Å².